The second-order valence-corrected chi connectivity index (χ2v) is 12.1. The smallest absolute Gasteiger partial charge is 0.338 e. The standard InChI is InChI=1S/C34H39NO3/c1-22(2)27-17-18-33(4)19-20-34(5)28(30(27)33)16-15-25(31(36)35-26-9-7-6-8-10-26)21-29(34)38-32(37)24-13-11-23(3)12-14-24/h6-16,22,29H,17-21H2,1-5H3,(H,35,36)/t29-,33?,34+/m0/s1. The molecular weight excluding hydrogens is 470 g/mol. The maximum Gasteiger partial charge on any atom is 0.338 e. The normalized spacial score (nSPS) is 26.6. The number of amides is 1. The summed E-state index contributed by atoms with van der Waals surface area (Å²) in [5.74, 6) is -0.0336. The van der Waals surface area contributed by atoms with Crippen molar-refractivity contribution in [1.82, 2.24) is 0 Å². The van der Waals surface area contributed by atoms with Crippen molar-refractivity contribution in [2.75, 3.05) is 5.32 Å². The summed E-state index contributed by atoms with van der Waals surface area (Å²) in [6.45, 7) is 11.2. The minimum Gasteiger partial charge on any atom is -0.457 e. The Bertz CT molecular complexity index is 1330. The molecule has 3 aliphatic carbocycles. The summed E-state index contributed by atoms with van der Waals surface area (Å²) in [5.41, 5.74) is 6.96. The fraction of sp³-hybridized carbons (Fsp3) is 0.412. The number of hydrogen-bond donors (Lipinski definition) is 1. The average molecular weight is 510 g/mol. The monoisotopic (exact) mass is 509 g/mol. The number of fused-ring (bicyclic) bond motifs is 3. The molecule has 198 valence electrons. The van der Waals surface area contributed by atoms with E-state index in [1.165, 1.54) is 16.7 Å². The molecule has 38 heavy (non-hydrogen) atoms. The molecular formula is C34H39NO3. The number of carbonyl (C=O) groups excluding carboxylic acids is 2. The molecule has 1 fully saturated rings. The highest BCUT2D eigenvalue weighted by Gasteiger charge is 2.53. The summed E-state index contributed by atoms with van der Waals surface area (Å²) in [5, 5.41) is 3.04. The van der Waals surface area contributed by atoms with Crippen molar-refractivity contribution in [3.05, 3.63) is 100 Å². The van der Waals surface area contributed by atoms with Crippen molar-refractivity contribution in [2.24, 2.45) is 16.7 Å². The number of esters is 1. The molecule has 0 spiro atoms. The van der Waals surface area contributed by atoms with Crippen LogP contribution in [0.4, 0.5) is 5.69 Å². The zero-order chi connectivity index (χ0) is 27.1. The highest BCUT2D eigenvalue weighted by molar-refractivity contribution is 6.04. The third kappa shape index (κ3) is 4.77. The Balaban J connectivity index is 1.56. The summed E-state index contributed by atoms with van der Waals surface area (Å²) in [6, 6.07) is 17.0. The molecule has 1 N–H and O–H groups in total. The van der Waals surface area contributed by atoms with Crippen LogP contribution in [0.3, 0.4) is 0 Å². The van der Waals surface area contributed by atoms with Gasteiger partial charge in [0.15, 0.2) is 0 Å². The molecule has 5 rings (SSSR count). The molecule has 1 saturated carbocycles. The van der Waals surface area contributed by atoms with Crippen molar-refractivity contribution < 1.29 is 14.3 Å². The van der Waals surface area contributed by atoms with Crippen molar-refractivity contribution in [1.29, 1.82) is 0 Å². The molecule has 2 aromatic carbocycles. The molecule has 1 unspecified atom stereocenters. The lowest BCUT2D eigenvalue weighted by molar-refractivity contribution is -0.113. The second kappa shape index (κ2) is 10.1. The quantitative estimate of drug-likeness (QED) is 0.416. The van der Waals surface area contributed by atoms with E-state index in [1.54, 1.807) is 0 Å². The van der Waals surface area contributed by atoms with Crippen LogP contribution in [0.2, 0.25) is 0 Å². The van der Waals surface area contributed by atoms with Crippen LogP contribution in [-0.4, -0.2) is 18.0 Å². The van der Waals surface area contributed by atoms with Crippen molar-refractivity contribution in [2.45, 2.75) is 72.8 Å². The van der Waals surface area contributed by atoms with Crippen molar-refractivity contribution in [3.8, 4) is 0 Å². The number of benzene rings is 2. The molecule has 1 amide bonds. The number of nitrogens with one attached hydrogen (secondary N) is 1. The Morgan fingerprint density at radius 2 is 1.66 bits per heavy atom. The zero-order valence-electron chi connectivity index (χ0n) is 23.3. The van der Waals surface area contributed by atoms with Gasteiger partial charge in [-0.15, -0.1) is 0 Å². The zero-order valence-corrected chi connectivity index (χ0v) is 23.3. The first-order valence-electron chi connectivity index (χ1n) is 13.9. The summed E-state index contributed by atoms with van der Waals surface area (Å²) < 4.78 is 6.35. The van der Waals surface area contributed by atoms with Crippen LogP contribution in [0.1, 0.15) is 75.7 Å². The lowest BCUT2D eigenvalue weighted by Crippen LogP contribution is -2.44. The topological polar surface area (TPSA) is 55.4 Å². The largest absolute Gasteiger partial charge is 0.457 e. The molecule has 0 aliphatic heterocycles. The van der Waals surface area contributed by atoms with E-state index in [0.29, 0.717) is 23.5 Å². The first kappa shape index (κ1) is 26.2. The molecule has 3 aliphatic rings. The Hall–Kier alpha value is -3.40. The number of anilines is 1. The molecule has 0 bridgehead atoms. The predicted octanol–water partition coefficient (Wildman–Crippen LogP) is 7.97. The number of hydrogen-bond acceptors (Lipinski definition) is 3. The average Bonchev–Trinajstić information content (AvgIpc) is 3.18. The SMILES string of the molecule is Cc1ccc(C(=O)O[C@H]2CC(C(=O)Nc3ccccc3)=CC=C3C4=C(C(C)C)CCC4(C)CC[C@]32C)cc1. The summed E-state index contributed by atoms with van der Waals surface area (Å²) in [4.78, 5) is 26.9. The first-order valence-corrected chi connectivity index (χ1v) is 13.9. The third-order valence-corrected chi connectivity index (χ3v) is 9.08. The summed E-state index contributed by atoms with van der Waals surface area (Å²) >= 11 is 0. The Morgan fingerprint density at radius 1 is 0.947 bits per heavy atom. The van der Waals surface area contributed by atoms with Crippen LogP contribution < -0.4 is 5.32 Å². The number of rotatable bonds is 5. The minimum atomic E-state index is -0.455. The molecule has 0 saturated heterocycles. The summed E-state index contributed by atoms with van der Waals surface area (Å²) in [6.07, 6.45) is 8.28. The van der Waals surface area contributed by atoms with Gasteiger partial charge in [-0.2, -0.15) is 0 Å². The highest BCUT2D eigenvalue weighted by Crippen LogP contribution is 2.62. The van der Waals surface area contributed by atoms with Crippen LogP contribution in [0.5, 0.6) is 0 Å². The van der Waals surface area contributed by atoms with Crippen LogP contribution in [0.15, 0.2) is 89.0 Å². The maximum absolute atomic E-state index is 13.5. The first-order chi connectivity index (χ1) is 18.1. The van der Waals surface area contributed by atoms with Gasteiger partial charge in [0.25, 0.3) is 5.91 Å². The lowest BCUT2D eigenvalue weighted by Gasteiger charge is -2.48. The van der Waals surface area contributed by atoms with Crippen LogP contribution in [0.25, 0.3) is 0 Å². The van der Waals surface area contributed by atoms with Crippen molar-refractivity contribution in [3.63, 3.8) is 0 Å². The van der Waals surface area contributed by atoms with Gasteiger partial charge in [-0.25, -0.2) is 4.79 Å². The number of ether oxygens (including phenoxy) is 1. The van der Waals surface area contributed by atoms with Gasteiger partial charge in [0.2, 0.25) is 0 Å². The van der Waals surface area contributed by atoms with E-state index in [9.17, 15) is 9.59 Å². The van der Waals surface area contributed by atoms with Gasteiger partial charge in [-0.3, -0.25) is 4.79 Å². The second-order valence-electron chi connectivity index (χ2n) is 12.1. The van der Waals surface area contributed by atoms with Crippen molar-refractivity contribution >= 4 is 17.6 Å². The van der Waals surface area contributed by atoms with E-state index in [-0.39, 0.29) is 22.7 Å². The maximum atomic E-state index is 13.5. The Labute approximate surface area is 226 Å². The van der Waals surface area contributed by atoms with Gasteiger partial charge >= 0.3 is 5.97 Å². The summed E-state index contributed by atoms with van der Waals surface area (Å²) in [7, 11) is 0. The number of aryl methyl sites for hydroxylation is 1. The third-order valence-electron chi connectivity index (χ3n) is 9.08. The van der Waals surface area contributed by atoms with E-state index in [1.807, 2.05) is 67.6 Å². The van der Waals surface area contributed by atoms with E-state index < -0.39 is 6.10 Å². The van der Waals surface area contributed by atoms with E-state index in [2.05, 4.69) is 39.1 Å². The molecule has 3 atom stereocenters. The van der Waals surface area contributed by atoms with Gasteiger partial charge in [0.1, 0.15) is 6.10 Å². The Kier molecular flexibility index (Phi) is 6.94. The van der Waals surface area contributed by atoms with Crippen LogP contribution in [-0.2, 0) is 9.53 Å². The van der Waals surface area contributed by atoms with Gasteiger partial charge < -0.3 is 10.1 Å². The van der Waals surface area contributed by atoms with Gasteiger partial charge in [0, 0.05) is 23.1 Å². The van der Waals surface area contributed by atoms with E-state index in [0.717, 1.165) is 36.9 Å². The minimum absolute atomic E-state index is 0.126. The molecule has 4 nitrogen and oxygen atoms in total. The molecule has 0 radical (unpaired) electrons. The van der Waals surface area contributed by atoms with E-state index >= 15 is 0 Å². The lowest BCUT2D eigenvalue weighted by atomic mass is 9.57. The highest BCUT2D eigenvalue weighted by atomic mass is 16.5. The van der Waals surface area contributed by atoms with Crippen LogP contribution in [0, 0.1) is 23.7 Å². The Morgan fingerprint density at radius 3 is 2.34 bits per heavy atom. The molecule has 2 aromatic rings. The number of para-hydroxylation sites is 1. The molecule has 0 aromatic heterocycles. The predicted molar refractivity (Wildman–Crippen MR) is 153 cm³/mol. The fourth-order valence-corrected chi connectivity index (χ4v) is 6.57. The van der Waals surface area contributed by atoms with Crippen LogP contribution >= 0.6 is 0 Å². The van der Waals surface area contributed by atoms with E-state index in [4.69, 9.17) is 4.74 Å². The number of allylic oxidation sites excluding steroid dienone is 4. The molecule has 0 heterocycles. The molecule has 4 heteroatoms. The van der Waals surface area contributed by atoms with Gasteiger partial charge in [-0.1, -0.05) is 81.3 Å². The fourth-order valence-electron chi connectivity index (χ4n) is 6.57. The van der Waals surface area contributed by atoms with Gasteiger partial charge in [-0.05, 0) is 79.4 Å². The number of carbonyl (C=O) groups is 2. The van der Waals surface area contributed by atoms with Gasteiger partial charge in [0.05, 0.1) is 5.56 Å².